The molecular formula is C18H15N5O5S. The van der Waals surface area contributed by atoms with E-state index in [1.54, 1.807) is 16.8 Å². The number of tetrazole rings is 1. The van der Waals surface area contributed by atoms with Crippen LogP contribution in [-0.4, -0.2) is 45.5 Å². The summed E-state index contributed by atoms with van der Waals surface area (Å²) in [6, 6.07) is 11.0. The molecular weight excluding hydrogens is 398 g/mol. The van der Waals surface area contributed by atoms with Gasteiger partial charge in [0.05, 0.1) is 11.4 Å². The minimum Gasteiger partial charge on any atom is -0.454 e. The largest absolute Gasteiger partial charge is 0.454 e. The Hall–Kier alpha value is -3.47. The van der Waals surface area contributed by atoms with Gasteiger partial charge in [-0.3, -0.25) is 4.79 Å². The van der Waals surface area contributed by atoms with Crippen molar-refractivity contribution in [1.29, 1.82) is 0 Å². The molecule has 0 saturated carbocycles. The average Bonchev–Trinajstić information content (AvgIpc) is 3.49. The first-order chi connectivity index (χ1) is 14.3. The highest BCUT2D eigenvalue weighted by Crippen LogP contribution is 2.34. The first kappa shape index (κ1) is 17.6. The van der Waals surface area contributed by atoms with Gasteiger partial charge in [-0.1, -0.05) is 17.8 Å². The Morgan fingerprint density at radius 3 is 2.55 bits per heavy atom. The molecule has 1 aromatic heterocycles. The third kappa shape index (κ3) is 3.63. The second kappa shape index (κ2) is 7.51. The van der Waals surface area contributed by atoms with E-state index in [0.29, 0.717) is 34.7 Å². The molecule has 29 heavy (non-hydrogen) atoms. The molecule has 1 amide bonds. The molecule has 11 heteroatoms. The predicted molar refractivity (Wildman–Crippen MR) is 100 cm³/mol. The van der Waals surface area contributed by atoms with Crippen LogP contribution < -0.4 is 24.3 Å². The molecule has 0 saturated heterocycles. The van der Waals surface area contributed by atoms with Gasteiger partial charge < -0.3 is 24.3 Å². The number of fused-ring (bicyclic) bond motifs is 2. The fourth-order valence-electron chi connectivity index (χ4n) is 2.88. The number of aromatic nitrogens is 4. The lowest BCUT2D eigenvalue weighted by Gasteiger charge is -2.07. The summed E-state index contributed by atoms with van der Waals surface area (Å²) in [5.41, 5.74) is 1.65. The average molecular weight is 413 g/mol. The molecule has 1 N–H and O–H groups in total. The normalized spacial score (nSPS) is 13.5. The minimum atomic E-state index is -0.132. The monoisotopic (exact) mass is 413 g/mol. The summed E-state index contributed by atoms with van der Waals surface area (Å²) < 4.78 is 22.9. The van der Waals surface area contributed by atoms with Crippen LogP contribution in [0.2, 0.25) is 0 Å². The molecule has 0 aliphatic carbocycles. The van der Waals surface area contributed by atoms with Crippen LogP contribution >= 0.6 is 11.8 Å². The Bertz CT molecular complexity index is 1070. The second-order valence-electron chi connectivity index (χ2n) is 6.16. The van der Waals surface area contributed by atoms with E-state index in [-0.39, 0.29) is 25.2 Å². The van der Waals surface area contributed by atoms with Gasteiger partial charge in [0.15, 0.2) is 23.0 Å². The van der Waals surface area contributed by atoms with Crippen LogP contribution in [0.15, 0.2) is 41.6 Å². The summed E-state index contributed by atoms with van der Waals surface area (Å²) in [5.74, 6) is 2.76. The van der Waals surface area contributed by atoms with Gasteiger partial charge in [-0.15, -0.1) is 5.10 Å². The summed E-state index contributed by atoms with van der Waals surface area (Å²) in [6.45, 7) is 0.808. The lowest BCUT2D eigenvalue weighted by atomic mass is 10.2. The Balaban J connectivity index is 1.19. The van der Waals surface area contributed by atoms with Gasteiger partial charge in [0, 0.05) is 12.6 Å². The van der Waals surface area contributed by atoms with Gasteiger partial charge in [0.25, 0.3) is 0 Å². The Labute approximate surface area is 169 Å². The van der Waals surface area contributed by atoms with Crippen LogP contribution in [0.3, 0.4) is 0 Å². The van der Waals surface area contributed by atoms with E-state index in [9.17, 15) is 4.79 Å². The lowest BCUT2D eigenvalue weighted by Crippen LogP contribution is -2.24. The number of amides is 1. The number of nitrogens with one attached hydrogen (secondary N) is 1. The first-order valence-corrected chi connectivity index (χ1v) is 9.71. The van der Waals surface area contributed by atoms with Crippen molar-refractivity contribution in [2.24, 2.45) is 0 Å². The molecule has 0 spiro atoms. The minimum absolute atomic E-state index is 0.132. The fourth-order valence-corrected chi connectivity index (χ4v) is 3.60. The SMILES string of the molecule is O=C(CSc1nnnn1-c1ccc2c(c1)OCO2)NCc1ccc2c(c1)OCO2. The van der Waals surface area contributed by atoms with Gasteiger partial charge in [-0.25, -0.2) is 0 Å². The molecule has 3 heterocycles. The van der Waals surface area contributed by atoms with Crippen LogP contribution in [-0.2, 0) is 11.3 Å². The molecule has 0 atom stereocenters. The molecule has 0 fully saturated rings. The number of carbonyl (C=O) groups excluding carboxylic acids is 1. The molecule has 0 unspecified atom stereocenters. The summed E-state index contributed by atoms with van der Waals surface area (Å²) in [6.07, 6.45) is 0. The smallest absolute Gasteiger partial charge is 0.231 e. The summed E-state index contributed by atoms with van der Waals surface area (Å²) in [7, 11) is 0. The van der Waals surface area contributed by atoms with E-state index in [1.165, 1.54) is 11.8 Å². The summed E-state index contributed by atoms with van der Waals surface area (Å²) in [5, 5.41) is 15.1. The van der Waals surface area contributed by atoms with E-state index < -0.39 is 0 Å². The standard InChI is InChI=1S/C18H15N5O5S/c24-17(19-7-11-1-3-13-15(5-11)27-9-25-13)8-29-18-20-21-22-23(18)12-2-4-14-16(6-12)28-10-26-14/h1-6H,7-10H2,(H,19,24). The fraction of sp³-hybridized carbons (Fsp3) is 0.222. The number of hydrogen-bond donors (Lipinski definition) is 1. The third-order valence-electron chi connectivity index (χ3n) is 4.30. The van der Waals surface area contributed by atoms with E-state index in [4.69, 9.17) is 18.9 Å². The molecule has 2 aliphatic rings. The van der Waals surface area contributed by atoms with Gasteiger partial charge >= 0.3 is 0 Å². The van der Waals surface area contributed by atoms with Crippen molar-refractivity contribution in [1.82, 2.24) is 25.5 Å². The highest BCUT2D eigenvalue weighted by Gasteiger charge is 2.17. The van der Waals surface area contributed by atoms with E-state index in [0.717, 1.165) is 11.3 Å². The van der Waals surface area contributed by atoms with Crippen LogP contribution in [0.25, 0.3) is 5.69 Å². The Kier molecular flexibility index (Phi) is 4.56. The van der Waals surface area contributed by atoms with E-state index in [1.807, 2.05) is 24.3 Å². The number of thioether (sulfide) groups is 1. The maximum absolute atomic E-state index is 12.2. The topological polar surface area (TPSA) is 110 Å². The van der Waals surface area contributed by atoms with Crippen molar-refractivity contribution in [3.05, 3.63) is 42.0 Å². The number of nitrogens with zero attached hydrogens (tertiary/aromatic N) is 4. The molecule has 2 aliphatic heterocycles. The quantitative estimate of drug-likeness (QED) is 0.602. The Morgan fingerprint density at radius 1 is 1.00 bits per heavy atom. The number of rotatable bonds is 6. The van der Waals surface area contributed by atoms with Gasteiger partial charge in [0.1, 0.15) is 0 Å². The number of carbonyl (C=O) groups is 1. The maximum atomic E-state index is 12.2. The van der Waals surface area contributed by atoms with Gasteiger partial charge in [-0.05, 0) is 40.3 Å². The lowest BCUT2D eigenvalue weighted by molar-refractivity contribution is -0.118. The Morgan fingerprint density at radius 2 is 1.72 bits per heavy atom. The third-order valence-corrected chi connectivity index (χ3v) is 5.22. The zero-order chi connectivity index (χ0) is 19.6. The zero-order valence-electron chi connectivity index (χ0n) is 15.0. The molecule has 5 rings (SSSR count). The first-order valence-electron chi connectivity index (χ1n) is 8.73. The van der Waals surface area contributed by atoms with Crippen molar-refractivity contribution in [2.75, 3.05) is 19.3 Å². The van der Waals surface area contributed by atoms with Crippen molar-refractivity contribution in [3.8, 4) is 28.7 Å². The van der Waals surface area contributed by atoms with E-state index >= 15 is 0 Å². The molecule has 0 bridgehead atoms. The number of ether oxygens (including phenoxy) is 4. The molecule has 0 radical (unpaired) electrons. The van der Waals surface area contributed by atoms with Crippen LogP contribution in [0.5, 0.6) is 23.0 Å². The second-order valence-corrected chi connectivity index (χ2v) is 7.11. The highest BCUT2D eigenvalue weighted by molar-refractivity contribution is 7.99. The van der Waals surface area contributed by atoms with Crippen molar-refractivity contribution in [2.45, 2.75) is 11.7 Å². The highest BCUT2D eigenvalue weighted by atomic mass is 32.2. The van der Waals surface area contributed by atoms with E-state index in [2.05, 4.69) is 20.8 Å². The number of hydrogen-bond acceptors (Lipinski definition) is 9. The van der Waals surface area contributed by atoms with Crippen LogP contribution in [0, 0.1) is 0 Å². The summed E-state index contributed by atoms with van der Waals surface area (Å²) in [4.78, 5) is 12.2. The molecule has 3 aromatic rings. The predicted octanol–water partition coefficient (Wildman–Crippen LogP) is 1.53. The van der Waals surface area contributed by atoms with Gasteiger partial charge in [0.2, 0.25) is 24.6 Å². The van der Waals surface area contributed by atoms with Crippen molar-refractivity contribution in [3.63, 3.8) is 0 Å². The summed E-state index contributed by atoms with van der Waals surface area (Å²) >= 11 is 1.24. The van der Waals surface area contributed by atoms with Crippen molar-refractivity contribution < 1.29 is 23.7 Å². The van der Waals surface area contributed by atoms with Gasteiger partial charge in [-0.2, -0.15) is 4.68 Å². The maximum Gasteiger partial charge on any atom is 0.231 e. The molecule has 2 aromatic carbocycles. The molecule has 10 nitrogen and oxygen atoms in total. The van der Waals surface area contributed by atoms with Crippen LogP contribution in [0.4, 0.5) is 0 Å². The van der Waals surface area contributed by atoms with Crippen LogP contribution in [0.1, 0.15) is 5.56 Å². The molecule has 148 valence electrons. The zero-order valence-corrected chi connectivity index (χ0v) is 15.8. The van der Waals surface area contributed by atoms with Crippen molar-refractivity contribution >= 4 is 17.7 Å². The number of benzene rings is 2.